The molecule has 3 nitrogen and oxygen atoms in total. The van der Waals surface area contributed by atoms with Crippen molar-refractivity contribution in [1.29, 1.82) is 0 Å². The Morgan fingerprint density at radius 1 is 1.39 bits per heavy atom. The third kappa shape index (κ3) is 2.61. The van der Waals surface area contributed by atoms with Gasteiger partial charge in [0.05, 0.1) is 12.2 Å². The van der Waals surface area contributed by atoms with E-state index in [4.69, 9.17) is 4.74 Å². The minimum Gasteiger partial charge on any atom is -0.462 e. The zero-order valence-electron chi connectivity index (χ0n) is 10.8. The molecule has 3 heteroatoms. The van der Waals surface area contributed by atoms with E-state index in [9.17, 15) is 9.59 Å². The standard InChI is InChI=1S/C15H18O3/c1-10(13-8-14(16)11(13)2)9-18-15(17)12-6-4-3-5-7-12/h3-7,10-11,13H,8-9H2,1-2H3. The SMILES string of the molecule is CC(COC(=O)c1ccccc1)C1CC(=O)C1C. The lowest BCUT2D eigenvalue weighted by atomic mass is 9.68. The second-order valence-electron chi connectivity index (χ2n) is 5.06. The van der Waals surface area contributed by atoms with Gasteiger partial charge in [0.1, 0.15) is 5.78 Å². The molecule has 1 saturated carbocycles. The number of hydrogen-bond donors (Lipinski definition) is 0. The maximum Gasteiger partial charge on any atom is 0.338 e. The zero-order valence-corrected chi connectivity index (χ0v) is 10.8. The van der Waals surface area contributed by atoms with Gasteiger partial charge in [0.25, 0.3) is 0 Å². The summed E-state index contributed by atoms with van der Waals surface area (Å²) in [5.41, 5.74) is 0.572. The van der Waals surface area contributed by atoms with Crippen LogP contribution < -0.4 is 0 Å². The summed E-state index contributed by atoms with van der Waals surface area (Å²) < 4.78 is 5.28. The van der Waals surface area contributed by atoms with Crippen LogP contribution in [-0.2, 0) is 9.53 Å². The van der Waals surface area contributed by atoms with E-state index in [-0.39, 0.29) is 17.8 Å². The van der Waals surface area contributed by atoms with E-state index < -0.39 is 0 Å². The van der Waals surface area contributed by atoms with Crippen LogP contribution in [0.4, 0.5) is 0 Å². The number of Topliss-reactive ketones (excluding diaryl/α,β-unsaturated/α-hetero) is 1. The van der Waals surface area contributed by atoms with E-state index in [0.717, 1.165) is 0 Å². The first-order valence-corrected chi connectivity index (χ1v) is 6.34. The third-order valence-electron chi connectivity index (χ3n) is 3.80. The smallest absolute Gasteiger partial charge is 0.338 e. The Hall–Kier alpha value is -1.64. The van der Waals surface area contributed by atoms with Crippen LogP contribution in [0.15, 0.2) is 30.3 Å². The number of carbonyl (C=O) groups excluding carboxylic acids is 2. The Labute approximate surface area is 107 Å². The lowest BCUT2D eigenvalue weighted by molar-refractivity contribution is -0.135. The van der Waals surface area contributed by atoms with E-state index in [2.05, 4.69) is 0 Å². The molecule has 1 aromatic rings. The Bertz CT molecular complexity index is 438. The molecule has 0 amide bonds. The van der Waals surface area contributed by atoms with Gasteiger partial charge in [-0.3, -0.25) is 4.79 Å². The minimum absolute atomic E-state index is 0.121. The van der Waals surface area contributed by atoms with Crippen molar-refractivity contribution in [2.24, 2.45) is 17.8 Å². The van der Waals surface area contributed by atoms with Crippen LogP contribution in [0.1, 0.15) is 30.6 Å². The van der Waals surface area contributed by atoms with Gasteiger partial charge < -0.3 is 4.74 Å². The molecular weight excluding hydrogens is 228 g/mol. The van der Waals surface area contributed by atoms with Crippen LogP contribution in [0.5, 0.6) is 0 Å². The molecule has 1 aliphatic rings. The molecule has 1 aliphatic carbocycles. The molecule has 0 aliphatic heterocycles. The number of carbonyl (C=O) groups is 2. The number of ketones is 1. The van der Waals surface area contributed by atoms with Gasteiger partial charge in [-0.25, -0.2) is 4.79 Å². The number of benzene rings is 1. The second kappa shape index (κ2) is 5.34. The molecule has 1 aromatic carbocycles. The van der Waals surface area contributed by atoms with Crippen LogP contribution >= 0.6 is 0 Å². The first kappa shape index (κ1) is 12.8. The quantitative estimate of drug-likeness (QED) is 0.767. The highest BCUT2D eigenvalue weighted by Gasteiger charge is 2.39. The molecule has 2 rings (SSSR count). The van der Waals surface area contributed by atoms with Gasteiger partial charge in [0.2, 0.25) is 0 Å². The third-order valence-corrected chi connectivity index (χ3v) is 3.80. The number of hydrogen-bond acceptors (Lipinski definition) is 3. The molecule has 0 spiro atoms. The number of rotatable bonds is 4. The summed E-state index contributed by atoms with van der Waals surface area (Å²) in [7, 11) is 0. The van der Waals surface area contributed by atoms with Crippen LogP contribution in [-0.4, -0.2) is 18.4 Å². The van der Waals surface area contributed by atoms with Gasteiger partial charge in [0.15, 0.2) is 0 Å². The van der Waals surface area contributed by atoms with Crippen LogP contribution in [0, 0.1) is 17.8 Å². The molecule has 3 unspecified atom stereocenters. The Morgan fingerprint density at radius 3 is 2.61 bits per heavy atom. The van der Waals surface area contributed by atoms with Gasteiger partial charge in [-0.2, -0.15) is 0 Å². The number of esters is 1. The molecule has 0 saturated heterocycles. The van der Waals surface area contributed by atoms with E-state index in [1.54, 1.807) is 12.1 Å². The molecule has 18 heavy (non-hydrogen) atoms. The predicted molar refractivity (Wildman–Crippen MR) is 68.2 cm³/mol. The lowest BCUT2D eigenvalue weighted by Crippen LogP contribution is -2.40. The summed E-state index contributed by atoms with van der Waals surface area (Å²) in [5.74, 6) is 0.754. The van der Waals surface area contributed by atoms with Crippen LogP contribution in [0.25, 0.3) is 0 Å². The largest absolute Gasteiger partial charge is 0.462 e. The first-order chi connectivity index (χ1) is 8.59. The van der Waals surface area contributed by atoms with Crippen molar-refractivity contribution in [1.82, 2.24) is 0 Å². The van der Waals surface area contributed by atoms with Gasteiger partial charge in [-0.15, -0.1) is 0 Å². The van der Waals surface area contributed by atoms with Gasteiger partial charge in [-0.1, -0.05) is 32.0 Å². The monoisotopic (exact) mass is 246 g/mol. The predicted octanol–water partition coefficient (Wildman–Crippen LogP) is 2.70. The maximum absolute atomic E-state index is 11.7. The highest BCUT2D eigenvalue weighted by Crippen LogP contribution is 2.36. The first-order valence-electron chi connectivity index (χ1n) is 6.34. The molecule has 0 bridgehead atoms. The van der Waals surface area contributed by atoms with Crippen molar-refractivity contribution in [2.75, 3.05) is 6.61 Å². The van der Waals surface area contributed by atoms with Crippen molar-refractivity contribution in [3.05, 3.63) is 35.9 Å². The second-order valence-corrected chi connectivity index (χ2v) is 5.06. The topological polar surface area (TPSA) is 43.4 Å². The van der Waals surface area contributed by atoms with E-state index in [1.807, 2.05) is 32.0 Å². The fraction of sp³-hybridized carbons (Fsp3) is 0.467. The minimum atomic E-state index is -0.291. The van der Waals surface area contributed by atoms with Crippen LogP contribution in [0.3, 0.4) is 0 Å². The van der Waals surface area contributed by atoms with Gasteiger partial charge >= 0.3 is 5.97 Å². The summed E-state index contributed by atoms with van der Waals surface area (Å²) in [6.07, 6.45) is 0.630. The average Bonchev–Trinajstić information content (AvgIpc) is 2.42. The van der Waals surface area contributed by atoms with Gasteiger partial charge in [-0.05, 0) is 24.0 Å². The Kier molecular flexibility index (Phi) is 3.80. The summed E-state index contributed by atoms with van der Waals surface area (Å²) in [6, 6.07) is 8.96. The summed E-state index contributed by atoms with van der Waals surface area (Å²) in [5, 5.41) is 0. The Balaban J connectivity index is 1.82. The summed E-state index contributed by atoms with van der Waals surface area (Å²) >= 11 is 0. The zero-order chi connectivity index (χ0) is 13.1. The fourth-order valence-corrected chi connectivity index (χ4v) is 2.36. The molecule has 0 N–H and O–H groups in total. The van der Waals surface area contributed by atoms with Crippen LogP contribution in [0.2, 0.25) is 0 Å². The summed E-state index contributed by atoms with van der Waals surface area (Å²) in [6.45, 7) is 4.37. The molecule has 1 fully saturated rings. The highest BCUT2D eigenvalue weighted by molar-refractivity contribution is 5.89. The number of ether oxygens (including phenoxy) is 1. The average molecular weight is 246 g/mol. The van der Waals surface area contributed by atoms with Crippen molar-refractivity contribution < 1.29 is 14.3 Å². The van der Waals surface area contributed by atoms with Crippen molar-refractivity contribution in [3.8, 4) is 0 Å². The molecule has 0 heterocycles. The van der Waals surface area contributed by atoms with Crippen molar-refractivity contribution in [3.63, 3.8) is 0 Å². The molecular formula is C15H18O3. The van der Waals surface area contributed by atoms with Crippen molar-refractivity contribution >= 4 is 11.8 Å². The maximum atomic E-state index is 11.7. The Morgan fingerprint density at radius 2 is 2.06 bits per heavy atom. The normalized spacial score (nSPS) is 24.2. The van der Waals surface area contributed by atoms with Crippen molar-refractivity contribution in [2.45, 2.75) is 20.3 Å². The lowest BCUT2D eigenvalue weighted by Gasteiger charge is -2.36. The summed E-state index contributed by atoms with van der Waals surface area (Å²) in [4.78, 5) is 22.9. The van der Waals surface area contributed by atoms with E-state index in [0.29, 0.717) is 30.3 Å². The van der Waals surface area contributed by atoms with E-state index in [1.165, 1.54) is 0 Å². The molecule has 3 atom stereocenters. The molecule has 0 radical (unpaired) electrons. The molecule has 0 aromatic heterocycles. The highest BCUT2D eigenvalue weighted by atomic mass is 16.5. The van der Waals surface area contributed by atoms with Gasteiger partial charge in [0, 0.05) is 12.3 Å². The fourth-order valence-electron chi connectivity index (χ4n) is 2.36. The van der Waals surface area contributed by atoms with E-state index >= 15 is 0 Å². The molecule has 96 valence electrons.